The van der Waals surface area contributed by atoms with Gasteiger partial charge in [-0.3, -0.25) is 9.30 Å². The number of H-pyrrole nitrogens is 1. The minimum Gasteiger partial charge on any atom is -0.392 e. The van der Waals surface area contributed by atoms with Crippen molar-refractivity contribution in [3.05, 3.63) is 48.0 Å². The maximum Gasteiger partial charge on any atom is 0.154 e. The molecule has 0 aliphatic carbocycles. The number of likely N-dealkylation sites (tertiary alicyclic amines) is 1. The lowest BCUT2D eigenvalue weighted by Gasteiger charge is -2.20. The molecular formula is C24H28N6O2. The van der Waals surface area contributed by atoms with Crippen LogP contribution in [0.3, 0.4) is 0 Å². The Labute approximate surface area is 186 Å². The number of fused-ring (bicyclic) bond motifs is 3. The monoisotopic (exact) mass is 432 g/mol. The van der Waals surface area contributed by atoms with Gasteiger partial charge < -0.3 is 20.2 Å². The Morgan fingerprint density at radius 3 is 2.81 bits per heavy atom. The number of hydrogen-bond donors (Lipinski definition) is 3. The molecule has 4 aromatic rings. The molecule has 1 aliphatic rings. The molecule has 3 aromatic heterocycles. The summed E-state index contributed by atoms with van der Waals surface area (Å²) >= 11 is 0. The molecule has 0 spiro atoms. The molecule has 5 rings (SSSR count). The van der Waals surface area contributed by atoms with E-state index in [4.69, 9.17) is 4.98 Å². The van der Waals surface area contributed by atoms with Crippen molar-refractivity contribution in [1.29, 1.82) is 0 Å². The molecule has 1 saturated heterocycles. The summed E-state index contributed by atoms with van der Waals surface area (Å²) in [6.45, 7) is 6.99. The first kappa shape index (κ1) is 20.7. The molecule has 0 unspecified atom stereocenters. The Bertz CT molecular complexity index is 1270. The fourth-order valence-corrected chi connectivity index (χ4v) is 4.75. The van der Waals surface area contributed by atoms with E-state index in [0.29, 0.717) is 19.0 Å². The van der Waals surface area contributed by atoms with Crippen LogP contribution in [0, 0.1) is 6.92 Å². The number of anilines is 1. The number of nitrogens with one attached hydrogen (secondary N) is 2. The van der Waals surface area contributed by atoms with Crippen LogP contribution in [0.25, 0.3) is 27.9 Å². The van der Waals surface area contributed by atoms with Crippen molar-refractivity contribution in [3.63, 3.8) is 0 Å². The topological polar surface area (TPSA) is 98.5 Å². The highest BCUT2D eigenvalue weighted by atomic mass is 16.3. The molecule has 1 fully saturated rings. The molecule has 0 amide bonds. The van der Waals surface area contributed by atoms with E-state index in [-0.39, 0.29) is 12.6 Å². The van der Waals surface area contributed by atoms with Crippen molar-refractivity contribution >= 4 is 28.7 Å². The van der Waals surface area contributed by atoms with Gasteiger partial charge in [0, 0.05) is 30.0 Å². The summed E-state index contributed by atoms with van der Waals surface area (Å²) in [5, 5.41) is 13.8. The number of β-amino-alcohol motifs (C(OH)–C–C–N with tert-alkyl or cyclic N) is 1. The molecule has 166 valence electrons. The van der Waals surface area contributed by atoms with Gasteiger partial charge in [-0.05, 0) is 44.9 Å². The van der Waals surface area contributed by atoms with E-state index in [0.717, 1.165) is 51.3 Å². The number of benzene rings is 1. The Hall–Kier alpha value is -3.23. The van der Waals surface area contributed by atoms with Gasteiger partial charge in [-0.1, -0.05) is 12.1 Å². The summed E-state index contributed by atoms with van der Waals surface area (Å²) in [6.07, 6.45) is 4.74. The summed E-state index contributed by atoms with van der Waals surface area (Å²) in [5.41, 5.74) is 6.65. The van der Waals surface area contributed by atoms with Gasteiger partial charge in [-0.25, -0.2) is 9.97 Å². The normalized spacial score (nSPS) is 19.4. The van der Waals surface area contributed by atoms with Crippen molar-refractivity contribution in [3.8, 4) is 11.3 Å². The van der Waals surface area contributed by atoms with Gasteiger partial charge in [0.2, 0.25) is 0 Å². The van der Waals surface area contributed by atoms with Crippen LogP contribution >= 0.6 is 0 Å². The van der Waals surface area contributed by atoms with E-state index in [2.05, 4.69) is 57.8 Å². The lowest BCUT2D eigenvalue weighted by molar-refractivity contribution is -0.109. The van der Waals surface area contributed by atoms with Crippen molar-refractivity contribution in [1.82, 2.24) is 24.3 Å². The first-order chi connectivity index (χ1) is 15.5. The SMILES string of the molecule is Cc1c[nH]c2ncc3c(-c4ccc(NC(C)C)cc4)nc([C@H]4C[C@@H](O)CN4CC=O)n3c12. The van der Waals surface area contributed by atoms with Gasteiger partial charge in [0.15, 0.2) is 5.65 Å². The highest BCUT2D eigenvalue weighted by molar-refractivity contribution is 5.86. The molecule has 1 aliphatic heterocycles. The Kier molecular flexibility index (Phi) is 5.19. The van der Waals surface area contributed by atoms with E-state index in [1.165, 1.54) is 0 Å². The summed E-state index contributed by atoms with van der Waals surface area (Å²) in [6, 6.07) is 8.46. The number of aromatic nitrogens is 4. The number of aldehydes is 1. The lowest BCUT2D eigenvalue weighted by Crippen LogP contribution is -2.27. The summed E-state index contributed by atoms with van der Waals surface area (Å²) in [4.78, 5) is 26.3. The third kappa shape index (κ3) is 3.45. The molecule has 0 radical (unpaired) electrons. The number of nitrogens with zero attached hydrogens (tertiary/aromatic N) is 4. The third-order valence-corrected chi connectivity index (χ3v) is 6.10. The summed E-state index contributed by atoms with van der Waals surface area (Å²) in [7, 11) is 0. The second-order valence-corrected chi connectivity index (χ2v) is 8.87. The van der Waals surface area contributed by atoms with Crippen LogP contribution in [-0.2, 0) is 4.79 Å². The van der Waals surface area contributed by atoms with Crippen LogP contribution in [0.4, 0.5) is 5.69 Å². The summed E-state index contributed by atoms with van der Waals surface area (Å²) < 4.78 is 2.14. The van der Waals surface area contributed by atoms with Crippen LogP contribution in [0.2, 0.25) is 0 Å². The van der Waals surface area contributed by atoms with E-state index in [1.54, 1.807) is 0 Å². The van der Waals surface area contributed by atoms with Gasteiger partial charge in [0.1, 0.15) is 12.1 Å². The van der Waals surface area contributed by atoms with Crippen LogP contribution in [0.5, 0.6) is 0 Å². The zero-order chi connectivity index (χ0) is 22.4. The molecule has 2 atom stereocenters. The number of hydrogen-bond acceptors (Lipinski definition) is 6. The van der Waals surface area contributed by atoms with Gasteiger partial charge >= 0.3 is 0 Å². The molecule has 3 N–H and O–H groups in total. The number of imidazole rings is 1. The standard InChI is InChI=1S/C24H28N6O2/c1-14(2)27-17-6-4-16(5-7-17)21-20-12-26-23-22(15(3)11-25-23)30(20)24(28-21)19-10-18(32)13-29(19)8-9-31/h4-7,9,11-12,14,18-19,25,27,32H,8,10,13H2,1-3H3/t18-,19-/m1/s1. The maximum atomic E-state index is 11.3. The van der Waals surface area contributed by atoms with Crippen LogP contribution in [0.15, 0.2) is 36.7 Å². The van der Waals surface area contributed by atoms with Crippen molar-refractivity contribution in [2.24, 2.45) is 0 Å². The fourth-order valence-electron chi connectivity index (χ4n) is 4.75. The molecule has 4 heterocycles. The first-order valence-electron chi connectivity index (χ1n) is 11.0. The number of aryl methyl sites for hydroxylation is 1. The predicted molar refractivity (Wildman–Crippen MR) is 125 cm³/mol. The smallest absolute Gasteiger partial charge is 0.154 e. The number of carbonyl (C=O) groups is 1. The lowest BCUT2D eigenvalue weighted by atomic mass is 10.1. The Morgan fingerprint density at radius 1 is 1.31 bits per heavy atom. The quantitative estimate of drug-likeness (QED) is 0.404. The third-order valence-electron chi connectivity index (χ3n) is 6.10. The van der Waals surface area contributed by atoms with E-state index in [1.807, 2.05) is 24.2 Å². The van der Waals surface area contributed by atoms with E-state index >= 15 is 0 Å². The molecule has 8 heteroatoms. The van der Waals surface area contributed by atoms with Crippen molar-refractivity contribution in [2.45, 2.75) is 45.4 Å². The molecule has 8 nitrogen and oxygen atoms in total. The number of aliphatic hydroxyl groups is 1. The van der Waals surface area contributed by atoms with Crippen molar-refractivity contribution in [2.75, 3.05) is 18.4 Å². The van der Waals surface area contributed by atoms with Gasteiger partial charge in [-0.2, -0.15) is 0 Å². The minimum atomic E-state index is -0.484. The highest BCUT2D eigenvalue weighted by Crippen LogP contribution is 2.37. The zero-order valence-corrected chi connectivity index (χ0v) is 18.5. The minimum absolute atomic E-state index is 0.154. The highest BCUT2D eigenvalue weighted by Gasteiger charge is 2.35. The fraction of sp³-hybridized carbons (Fsp3) is 0.375. The van der Waals surface area contributed by atoms with Gasteiger partial charge in [-0.15, -0.1) is 0 Å². The largest absolute Gasteiger partial charge is 0.392 e. The predicted octanol–water partition coefficient (Wildman–Crippen LogP) is 3.31. The van der Waals surface area contributed by atoms with Crippen LogP contribution in [-0.4, -0.2) is 60.9 Å². The molecular weight excluding hydrogens is 404 g/mol. The number of aliphatic hydroxyl groups excluding tert-OH is 1. The van der Waals surface area contributed by atoms with Crippen LogP contribution in [0.1, 0.15) is 37.7 Å². The average molecular weight is 433 g/mol. The number of carbonyl (C=O) groups excluding carboxylic acids is 1. The van der Waals surface area contributed by atoms with E-state index < -0.39 is 6.10 Å². The maximum absolute atomic E-state index is 11.3. The van der Waals surface area contributed by atoms with Gasteiger partial charge in [0.05, 0.1) is 41.6 Å². The number of aromatic amines is 1. The first-order valence-corrected chi connectivity index (χ1v) is 11.0. The molecule has 0 bridgehead atoms. The average Bonchev–Trinajstić information content (AvgIpc) is 3.43. The molecule has 0 saturated carbocycles. The second-order valence-electron chi connectivity index (χ2n) is 8.87. The Balaban J connectivity index is 1.71. The second kappa shape index (κ2) is 8.03. The van der Waals surface area contributed by atoms with Crippen molar-refractivity contribution < 1.29 is 9.90 Å². The van der Waals surface area contributed by atoms with Crippen LogP contribution < -0.4 is 5.32 Å². The molecule has 32 heavy (non-hydrogen) atoms. The summed E-state index contributed by atoms with van der Waals surface area (Å²) in [5.74, 6) is 0.827. The van der Waals surface area contributed by atoms with Gasteiger partial charge in [0.25, 0.3) is 0 Å². The zero-order valence-electron chi connectivity index (χ0n) is 18.5. The molecule has 1 aromatic carbocycles. The van der Waals surface area contributed by atoms with E-state index in [9.17, 15) is 9.90 Å². The Morgan fingerprint density at radius 2 is 2.09 bits per heavy atom. The number of rotatable bonds is 6.